The van der Waals surface area contributed by atoms with Crippen LogP contribution in [0.15, 0.2) is 24.8 Å². The standard InChI is InChI=1S/C12H10F5IO4S/c1-6(2)7-3-8(18)5-9(4-7)22-10(11(13,14)15)12(16,17)23(19,20)21/h3-5,10H,1H2,2H3,(H,19,20,21). The van der Waals surface area contributed by atoms with Crippen LogP contribution in [0, 0.1) is 3.57 Å². The molecule has 0 radical (unpaired) electrons. The molecule has 0 spiro atoms. The lowest BCUT2D eigenvalue weighted by Gasteiger charge is -2.27. The highest BCUT2D eigenvalue weighted by Crippen LogP contribution is 2.39. The summed E-state index contributed by atoms with van der Waals surface area (Å²) in [6.45, 7) is 5.09. The molecule has 0 aliphatic heterocycles. The highest BCUT2D eigenvalue weighted by Gasteiger charge is 2.65. The van der Waals surface area contributed by atoms with Gasteiger partial charge in [0, 0.05) is 3.57 Å². The van der Waals surface area contributed by atoms with Crippen molar-refractivity contribution >= 4 is 38.3 Å². The van der Waals surface area contributed by atoms with Gasteiger partial charge in [-0.2, -0.15) is 30.4 Å². The Balaban J connectivity index is 3.37. The minimum absolute atomic E-state index is 0.322. The molecule has 130 valence electrons. The number of allylic oxidation sites excluding steroid dienone is 1. The van der Waals surface area contributed by atoms with Gasteiger partial charge in [0.05, 0.1) is 0 Å². The molecule has 11 heteroatoms. The number of halogens is 6. The summed E-state index contributed by atoms with van der Waals surface area (Å²) >= 11 is 1.71. The minimum atomic E-state index is -6.34. The summed E-state index contributed by atoms with van der Waals surface area (Å²) in [6.07, 6.45) is -9.81. The Labute approximate surface area is 142 Å². The third-order valence-corrected chi connectivity index (χ3v) is 4.09. The molecule has 1 aromatic carbocycles. The van der Waals surface area contributed by atoms with Crippen molar-refractivity contribution in [3.05, 3.63) is 33.9 Å². The van der Waals surface area contributed by atoms with E-state index in [0.717, 1.165) is 12.1 Å². The van der Waals surface area contributed by atoms with E-state index in [2.05, 4.69) is 11.3 Å². The van der Waals surface area contributed by atoms with Crippen molar-refractivity contribution in [3.63, 3.8) is 0 Å². The Kier molecular flexibility index (Phi) is 5.69. The van der Waals surface area contributed by atoms with Crippen molar-refractivity contribution in [2.75, 3.05) is 0 Å². The molecule has 1 N–H and O–H groups in total. The van der Waals surface area contributed by atoms with Crippen LogP contribution < -0.4 is 4.74 Å². The van der Waals surface area contributed by atoms with Crippen LogP contribution in [0.2, 0.25) is 0 Å². The van der Waals surface area contributed by atoms with Crippen LogP contribution in [-0.2, 0) is 10.1 Å². The Morgan fingerprint density at radius 3 is 2.17 bits per heavy atom. The van der Waals surface area contributed by atoms with Gasteiger partial charge in [-0.25, -0.2) is 0 Å². The molecule has 0 aliphatic rings. The average Bonchev–Trinajstić information content (AvgIpc) is 2.32. The molecule has 1 aromatic rings. The van der Waals surface area contributed by atoms with Gasteiger partial charge in [0.25, 0.3) is 6.10 Å². The van der Waals surface area contributed by atoms with Gasteiger partial charge in [-0.3, -0.25) is 4.55 Å². The molecule has 0 aromatic heterocycles. The first-order chi connectivity index (χ1) is 10.2. The zero-order chi connectivity index (χ0) is 18.2. The molecule has 0 amide bonds. The summed E-state index contributed by atoms with van der Waals surface area (Å²) in [6, 6.07) is 3.52. The molecule has 23 heavy (non-hydrogen) atoms. The predicted octanol–water partition coefficient (Wildman–Crippen LogP) is 4.11. The van der Waals surface area contributed by atoms with E-state index in [4.69, 9.17) is 4.55 Å². The maximum Gasteiger partial charge on any atom is 0.432 e. The van der Waals surface area contributed by atoms with E-state index in [0.29, 0.717) is 14.7 Å². The lowest BCUT2D eigenvalue weighted by atomic mass is 10.1. The second-order valence-electron chi connectivity index (χ2n) is 4.53. The number of hydrogen-bond acceptors (Lipinski definition) is 3. The Morgan fingerprint density at radius 1 is 1.26 bits per heavy atom. The minimum Gasteiger partial charge on any atom is -0.473 e. The van der Waals surface area contributed by atoms with Crippen LogP contribution in [0.3, 0.4) is 0 Å². The first-order valence-corrected chi connectivity index (χ1v) is 8.23. The Hall–Kier alpha value is -0.950. The third kappa shape index (κ3) is 4.76. The quantitative estimate of drug-likeness (QED) is 0.398. The monoisotopic (exact) mass is 472 g/mol. The fraction of sp³-hybridized carbons (Fsp3) is 0.333. The molecule has 1 unspecified atom stereocenters. The van der Waals surface area contributed by atoms with Crippen LogP contribution in [0.4, 0.5) is 22.0 Å². The first kappa shape index (κ1) is 20.1. The fourth-order valence-corrected chi connectivity index (χ4v) is 2.57. The van der Waals surface area contributed by atoms with Crippen LogP contribution in [0.5, 0.6) is 5.75 Å². The SMILES string of the molecule is C=C(C)c1cc(I)cc(OC(C(F)(F)F)C(F)(F)S(=O)(=O)O)c1. The van der Waals surface area contributed by atoms with E-state index in [1.54, 1.807) is 22.6 Å². The molecule has 0 heterocycles. The van der Waals surface area contributed by atoms with Gasteiger partial charge in [0.2, 0.25) is 0 Å². The van der Waals surface area contributed by atoms with Gasteiger partial charge < -0.3 is 4.74 Å². The van der Waals surface area contributed by atoms with Crippen molar-refractivity contribution in [1.29, 1.82) is 0 Å². The van der Waals surface area contributed by atoms with Crippen molar-refractivity contribution in [1.82, 2.24) is 0 Å². The van der Waals surface area contributed by atoms with Crippen molar-refractivity contribution in [3.8, 4) is 5.75 Å². The van der Waals surface area contributed by atoms with E-state index in [1.807, 2.05) is 0 Å². The number of hydrogen-bond donors (Lipinski definition) is 1. The van der Waals surface area contributed by atoms with Gasteiger partial charge in [-0.05, 0) is 53.3 Å². The predicted molar refractivity (Wildman–Crippen MR) is 80.8 cm³/mol. The second-order valence-corrected chi connectivity index (χ2v) is 7.27. The number of benzene rings is 1. The molecular formula is C12H10F5IO4S. The van der Waals surface area contributed by atoms with Crippen molar-refractivity contribution in [2.45, 2.75) is 24.5 Å². The highest BCUT2D eigenvalue weighted by molar-refractivity contribution is 14.1. The van der Waals surface area contributed by atoms with Crippen LogP contribution in [-0.4, -0.2) is 30.5 Å². The van der Waals surface area contributed by atoms with E-state index < -0.39 is 33.4 Å². The molecule has 1 atom stereocenters. The molecule has 0 aliphatic carbocycles. The normalized spacial score (nSPS) is 14.4. The number of ether oxygens (including phenoxy) is 1. The summed E-state index contributed by atoms with van der Waals surface area (Å²) in [5.74, 6) is -0.638. The summed E-state index contributed by atoms with van der Waals surface area (Å²) in [5, 5.41) is -5.57. The molecule has 0 saturated heterocycles. The Morgan fingerprint density at radius 2 is 1.78 bits per heavy atom. The second kappa shape index (κ2) is 6.51. The molecule has 0 saturated carbocycles. The highest BCUT2D eigenvalue weighted by atomic mass is 127. The smallest absolute Gasteiger partial charge is 0.432 e. The van der Waals surface area contributed by atoms with Gasteiger partial charge in [-0.1, -0.05) is 12.2 Å². The van der Waals surface area contributed by atoms with Crippen molar-refractivity contribution < 1.29 is 39.7 Å². The zero-order valence-electron chi connectivity index (χ0n) is 11.4. The first-order valence-electron chi connectivity index (χ1n) is 5.71. The zero-order valence-corrected chi connectivity index (χ0v) is 14.3. The molecule has 4 nitrogen and oxygen atoms in total. The summed E-state index contributed by atoms with van der Waals surface area (Å²) in [4.78, 5) is 0. The van der Waals surface area contributed by atoms with Crippen LogP contribution >= 0.6 is 22.6 Å². The summed E-state index contributed by atoms with van der Waals surface area (Å²) in [5.41, 5.74) is 0.751. The third-order valence-electron chi connectivity index (χ3n) is 2.56. The average molecular weight is 472 g/mol. The van der Waals surface area contributed by atoms with Gasteiger partial charge in [0.1, 0.15) is 5.75 Å². The van der Waals surface area contributed by atoms with Crippen molar-refractivity contribution in [2.24, 2.45) is 0 Å². The molecule has 1 rings (SSSR count). The fourth-order valence-electron chi connectivity index (χ4n) is 1.47. The molecule has 0 fully saturated rings. The van der Waals surface area contributed by atoms with E-state index in [1.165, 1.54) is 13.0 Å². The van der Waals surface area contributed by atoms with Gasteiger partial charge >= 0.3 is 21.5 Å². The lowest BCUT2D eigenvalue weighted by Crippen LogP contribution is -2.53. The van der Waals surface area contributed by atoms with E-state index >= 15 is 0 Å². The Bertz CT molecular complexity index is 715. The largest absolute Gasteiger partial charge is 0.473 e. The van der Waals surface area contributed by atoms with Crippen LogP contribution in [0.1, 0.15) is 12.5 Å². The molecule has 0 bridgehead atoms. The van der Waals surface area contributed by atoms with E-state index in [-0.39, 0.29) is 0 Å². The summed E-state index contributed by atoms with van der Waals surface area (Å²) < 4.78 is 99.3. The number of alkyl halides is 5. The number of rotatable bonds is 5. The lowest BCUT2D eigenvalue weighted by molar-refractivity contribution is -0.239. The van der Waals surface area contributed by atoms with Crippen LogP contribution in [0.25, 0.3) is 5.57 Å². The maximum atomic E-state index is 13.4. The summed E-state index contributed by atoms with van der Waals surface area (Å²) in [7, 11) is -6.34. The van der Waals surface area contributed by atoms with Gasteiger partial charge in [0.15, 0.2) is 0 Å². The van der Waals surface area contributed by atoms with Gasteiger partial charge in [-0.15, -0.1) is 0 Å². The van der Waals surface area contributed by atoms with E-state index in [9.17, 15) is 30.4 Å². The topological polar surface area (TPSA) is 63.6 Å². The maximum absolute atomic E-state index is 13.4. The molecular weight excluding hydrogens is 462 g/mol.